The summed E-state index contributed by atoms with van der Waals surface area (Å²) < 4.78 is 0. The predicted molar refractivity (Wildman–Crippen MR) is 92.6 cm³/mol. The molecule has 4 N–H and O–H groups in total. The van der Waals surface area contributed by atoms with Gasteiger partial charge < -0.3 is 16.2 Å². The maximum atomic E-state index is 10.4. The Bertz CT molecular complexity index is 517. The topological polar surface area (TPSA) is 88.2 Å². The van der Waals surface area contributed by atoms with Crippen molar-refractivity contribution >= 4 is 11.8 Å². The maximum absolute atomic E-state index is 10.4. The smallest absolute Gasteiger partial charge is 0.303 e. The van der Waals surface area contributed by atoms with Crippen LogP contribution in [0.5, 0.6) is 0 Å². The second-order valence-electron chi connectivity index (χ2n) is 6.35. The minimum Gasteiger partial charge on any atom is -0.481 e. The molecule has 1 aliphatic heterocycles. The van der Waals surface area contributed by atoms with Crippen molar-refractivity contribution < 1.29 is 9.90 Å². The van der Waals surface area contributed by atoms with Gasteiger partial charge in [-0.1, -0.05) is 25.7 Å². The SMILES string of the molecule is NCc1cc2c(nc1CCCCCCCCC(=O)O)NCCC2. The van der Waals surface area contributed by atoms with E-state index in [4.69, 9.17) is 15.8 Å². The summed E-state index contributed by atoms with van der Waals surface area (Å²) in [4.78, 5) is 15.2. The number of nitrogens with two attached hydrogens (primary N) is 1. The van der Waals surface area contributed by atoms with Crippen molar-refractivity contribution in [3.63, 3.8) is 0 Å². The van der Waals surface area contributed by atoms with Gasteiger partial charge in [0, 0.05) is 25.2 Å². The van der Waals surface area contributed by atoms with Gasteiger partial charge in [0.2, 0.25) is 0 Å². The Balaban J connectivity index is 1.72. The average Bonchev–Trinajstić information content (AvgIpc) is 2.56. The number of carboxylic acid groups (broad SMARTS) is 1. The Morgan fingerprint density at radius 2 is 1.96 bits per heavy atom. The first-order valence-corrected chi connectivity index (χ1v) is 8.88. The molecule has 1 aromatic heterocycles. The van der Waals surface area contributed by atoms with Crippen LogP contribution in [0.25, 0.3) is 0 Å². The van der Waals surface area contributed by atoms with Crippen LogP contribution in [0.4, 0.5) is 5.82 Å². The normalized spacial score (nSPS) is 13.4. The molecular weight excluding hydrogens is 290 g/mol. The number of fused-ring (bicyclic) bond motifs is 1. The first-order valence-electron chi connectivity index (χ1n) is 8.88. The van der Waals surface area contributed by atoms with E-state index in [2.05, 4.69) is 11.4 Å². The van der Waals surface area contributed by atoms with Gasteiger partial charge in [0.25, 0.3) is 0 Å². The van der Waals surface area contributed by atoms with E-state index in [-0.39, 0.29) is 0 Å². The molecular formula is C18H29N3O2. The van der Waals surface area contributed by atoms with Crippen LogP contribution in [0.2, 0.25) is 0 Å². The number of pyridine rings is 1. The second-order valence-corrected chi connectivity index (χ2v) is 6.35. The molecule has 5 nitrogen and oxygen atoms in total. The highest BCUT2D eigenvalue weighted by molar-refractivity contribution is 5.66. The summed E-state index contributed by atoms with van der Waals surface area (Å²) in [6.07, 6.45) is 9.94. The standard InChI is InChI=1S/C18H29N3O2/c19-13-15-12-14-8-7-11-20-18(14)21-16(15)9-5-3-1-2-4-6-10-17(22)23/h12H,1-11,13,19H2,(H,20,21)(H,22,23). The lowest BCUT2D eigenvalue weighted by Gasteiger charge is -2.19. The molecule has 1 aromatic rings. The number of carbonyl (C=O) groups is 1. The molecule has 0 radical (unpaired) electrons. The van der Waals surface area contributed by atoms with Crippen molar-refractivity contribution in [1.82, 2.24) is 4.98 Å². The molecule has 23 heavy (non-hydrogen) atoms. The van der Waals surface area contributed by atoms with Crippen molar-refractivity contribution in [3.05, 3.63) is 22.9 Å². The number of hydrogen-bond acceptors (Lipinski definition) is 4. The highest BCUT2D eigenvalue weighted by Crippen LogP contribution is 2.23. The minimum absolute atomic E-state index is 0.298. The minimum atomic E-state index is -0.689. The van der Waals surface area contributed by atoms with Crippen LogP contribution >= 0.6 is 0 Å². The zero-order chi connectivity index (χ0) is 16.5. The van der Waals surface area contributed by atoms with Gasteiger partial charge in [-0.05, 0) is 49.3 Å². The van der Waals surface area contributed by atoms with Gasteiger partial charge in [0.15, 0.2) is 0 Å². The van der Waals surface area contributed by atoms with Gasteiger partial charge in [-0.25, -0.2) is 4.98 Å². The molecule has 2 heterocycles. The molecule has 0 bridgehead atoms. The van der Waals surface area contributed by atoms with E-state index in [0.717, 1.165) is 56.6 Å². The van der Waals surface area contributed by atoms with Crippen LogP contribution in [0.3, 0.4) is 0 Å². The largest absolute Gasteiger partial charge is 0.481 e. The zero-order valence-corrected chi connectivity index (χ0v) is 13.9. The summed E-state index contributed by atoms with van der Waals surface area (Å²) in [6.45, 7) is 1.57. The van der Waals surface area contributed by atoms with E-state index in [1.54, 1.807) is 0 Å². The van der Waals surface area contributed by atoms with Gasteiger partial charge in [0.05, 0.1) is 0 Å². The third kappa shape index (κ3) is 5.82. The van der Waals surface area contributed by atoms with Crippen molar-refractivity contribution in [3.8, 4) is 0 Å². The highest BCUT2D eigenvalue weighted by Gasteiger charge is 2.13. The molecule has 0 saturated heterocycles. The summed E-state index contributed by atoms with van der Waals surface area (Å²) in [5.41, 5.74) is 9.52. The summed E-state index contributed by atoms with van der Waals surface area (Å²) in [5.74, 6) is 0.364. The lowest BCUT2D eigenvalue weighted by atomic mass is 10.00. The molecule has 0 atom stereocenters. The first-order chi connectivity index (χ1) is 11.2. The summed E-state index contributed by atoms with van der Waals surface area (Å²) in [7, 11) is 0. The quantitative estimate of drug-likeness (QED) is 0.576. The van der Waals surface area contributed by atoms with E-state index >= 15 is 0 Å². The molecule has 0 amide bonds. The lowest BCUT2D eigenvalue weighted by molar-refractivity contribution is -0.137. The van der Waals surface area contributed by atoms with Crippen molar-refractivity contribution in [1.29, 1.82) is 0 Å². The maximum Gasteiger partial charge on any atom is 0.303 e. The van der Waals surface area contributed by atoms with Crippen molar-refractivity contribution in [2.45, 2.75) is 70.8 Å². The fourth-order valence-electron chi connectivity index (χ4n) is 3.14. The summed E-state index contributed by atoms with van der Waals surface area (Å²) >= 11 is 0. The van der Waals surface area contributed by atoms with E-state index < -0.39 is 5.97 Å². The first kappa shape index (κ1) is 17.7. The van der Waals surface area contributed by atoms with Gasteiger partial charge in [-0.3, -0.25) is 4.79 Å². The molecule has 0 unspecified atom stereocenters. The molecule has 5 heteroatoms. The number of carboxylic acids is 1. The zero-order valence-electron chi connectivity index (χ0n) is 13.9. The number of aliphatic carboxylic acids is 1. The van der Waals surface area contributed by atoms with Crippen LogP contribution in [0.15, 0.2) is 6.07 Å². The molecule has 0 aromatic carbocycles. The fourth-order valence-corrected chi connectivity index (χ4v) is 3.14. The van der Waals surface area contributed by atoms with E-state index in [9.17, 15) is 4.79 Å². The Kier molecular flexibility index (Phi) is 7.33. The van der Waals surface area contributed by atoms with Gasteiger partial charge in [-0.2, -0.15) is 0 Å². The number of unbranched alkanes of at least 4 members (excludes halogenated alkanes) is 5. The van der Waals surface area contributed by atoms with Crippen LogP contribution in [-0.4, -0.2) is 22.6 Å². The Hall–Kier alpha value is -1.62. The molecule has 2 rings (SSSR count). The van der Waals surface area contributed by atoms with Crippen LogP contribution < -0.4 is 11.1 Å². The third-order valence-corrected chi connectivity index (χ3v) is 4.46. The van der Waals surface area contributed by atoms with Gasteiger partial charge in [0.1, 0.15) is 5.82 Å². The van der Waals surface area contributed by atoms with Crippen molar-refractivity contribution in [2.75, 3.05) is 11.9 Å². The number of nitrogens with one attached hydrogen (secondary N) is 1. The fraction of sp³-hybridized carbons (Fsp3) is 0.667. The number of anilines is 1. The number of aromatic nitrogens is 1. The van der Waals surface area contributed by atoms with Crippen LogP contribution in [0.1, 0.15) is 68.2 Å². The highest BCUT2D eigenvalue weighted by atomic mass is 16.4. The van der Waals surface area contributed by atoms with Crippen LogP contribution in [0, 0.1) is 0 Å². The van der Waals surface area contributed by atoms with E-state index in [0.29, 0.717) is 13.0 Å². The summed E-state index contributed by atoms with van der Waals surface area (Å²) in [5, 5.41) is 12.0. The van der Waals surface area contributed by atoms with E-state index in [1.807, 2.05) is 0 Å². The monoisotopic (exact) mass is 319 g/mol. The number of nitrogens with zero attached hydrogens (tertiary/aromatic N) is 1. The van der Waals surface area contributed by atoms with Gasteiger partial charge >= 0.3 is 5.97 Å². The molecule has 128 valence electrons. The summed E-state index contributed by atoms with van der Waals surface area (Å²) in [6, 6.07) is 2.23. The van der Waals surface area contributed by atoms with Crippen LogP contribution in [-0.2, 0) is 24.2 Å². The van der Waals surface area contributed by atoms with Crippen molar-refractivity contribution in [2.24, 2.45) is 5.73 Å². The number of rotatable bonds is 10. The third-order valence-electron chi connectivity index (χ3n) is 4.46. The number of hydrogen-bond donors (Lipinski definition) is 3. The lowest BCUT2D eigenvalue weighted by Crippen LogP contribution is -2.16. The molecule has 0 aliphatic carbocycles. The number of aryl methyl sites for hydroxylation is 2. The molecule has 0 saturated carbocycles. The molecule has 0 fully saturated rings. The molecule has 0 spiro atoms. The molecule has 1 aliphatic rings. The Morgan fingerprint density at radius 1 is 1.22 bits per heavy atom. The van der Waals surface area contributed by atoms with E-state index in [1.165, 1.54) is 30.4 Å². The second kappa shape index (κ2) is 9.50. The Morgan fingerprint density at radius 3 is 2.70 bits per heavy atom. The van der Waals surface area contributed by atoms with Gasteiger partial charge in [-0.15, -0.1) is 0 Å². The predicted octanol–water partition coefficient (Wildman–Crippen LogP) is 3.26. The average molecular weight is 319 g/mol. The Labute approximate surface area is 138 Å².